The Bertz CT molecular complexity index is 466. The van der Waals surface area contributed by atoms with Crippen LogP contribution in [0.5, 0.6) is 0 Å². The van der Waals surface area contributed by atoms with Gasteiger partial charge in [0.15, 0.2) is 0 Å². The first-order chi connectivity index (χ1) is 7.50. The highest BCUT2D eigenvalue weighted by atomic mass is 16.2. The number of urea groups is 1. The van der Waals surface area contributed by atoms with Crippen LogP contribution in [0.15, 0.2) is 12.1 Å². The number of aryl methyl sites for hydroxylation is 2. The number of nitrogens with one attached hydrogen (secondary N) is 1. The van der Waals surface area contributed by atoms with Gasteiger partial charge in [0.2, 0.25) is 0 Å². The summed E-state index contributed by atoms with van der Waals surface area (Å²) in [6.07, 6.45) is 0. The van der Waals surface area contributed by atoms with E-state index in [1.807, 2.05) is 13.8 Å². The number of nitrogen functional groups attached to an aromatic ring is 1. The van der Waals surface area contributed by atoms with Gasteiger partial charge in [0.25, 0.3) is 5.91 Å². The summed E-state index contributed by atoms with van der Waals surface area (Å²) in [6, 6.07) is 3.11. The van der Waals surface area contributed by atoms with Gasteiger partial charge in [-0.15, -0.1) is 0 Å². The maximum Gasteiger partial charge on any atom is 0.329 e. The van der Waals surface area contributed by atoms with Gasteiger partial charge in [-0.2, -0.15) is 0 Å². The standard InChI is InChI=1S/C11H13N3O2/c1-6-3-8(12)9(4-7(6)2)14-10(15)5-13-11(14)16/h3-4H,5,12H2,1-2H3,(H,13,16). The van der Waals surface area contributed by atoms with Gasteiger partial charge in [0.05, 0.1) is 17.9 Å². The lowest BCUT2D eigenvalue weighted by molar-refractivity contribution is -0.115. The first-order valence-electron chi connectivity index (χ1n) is 4.98. The van der Waals surface area contributed by atoms with Crippen molar-refractivity contribution in [2.24, 2.45) is 0 Å². The third-order valence-electron chi connectivity index (χ3n) is 2.73. The number of nitrogens with two attached hydrogens (primary N) is 1. The van der Waals surface area contributed by atoms with Crippen molar-refractivity contribution in [1.82, 2.24) is 5.32 Å². The summed E-state index contributed by atoms with van der Waals surface area (Å²) >= 11 is 0. The molecule has 1 aliphatic rings. The molecule has 0 saturated carbocycles. The normalized spacial score (nSPS) is 15.5. The zero-order valence-corrected chi connectivity index (χ0v) is 9.20. The van der Waals surface area contributed by atoms with Crippen LogP contribution in [0.1, 0.15) is 11.1 Å². The zero-order chi connectivity index (χ0) is 11.9. The van der Waals surface area contributed by atoms with Crippen molar-refractivity contribution >= 4 is 23.3 Å². The molecule has 1 aliphatic heterocycles. The van der Waals surface area contributed by atoms with Gasteiger partial charge >= 0.3 is 6.03 Å². The summed E-state index contributed by atoms with van der Waals surface area (Å²) < 4.78 is 0. The van der Waals surface area contributed by atoms with Crippen molar-refractivity contribution in [3.05, 3.63) is 23.3 Å². The van der Waals surface area contributed by atoms with Crippen LogP contribution in [0.2, 0.25) is 0 Å². The number of benzene rings is 1. The van der Waals surface area contributed by atoms with E-state index in [0.29, 0.717) is 11.4 Å². The number of hydrogen-bond acceptors (Lipinski definition) is 3. The van der Waals surface area contributed by atoms with E-state index < -0.39 is 6.03 Å². The van der Waals surface area contributed by atoms with E-state index >= 15 is 0 Å². The summed E-state index contributed by atoms with van der Waals surface area (Å²) in [7, 11) is 0. The molecule has 3 N–H and O–H groups in total. The fourth-order valence-corrected chi connectivity index (χ4v) is 1.68. The van der Waals surface area contributed by atoms with Crippen LogP contribution in [-0.2, 0) is 4.79 Å². The predicted octanol–water partition coefficient (Wildman–Crippen LogP) is 0.942. The van der Waals surface area contributed by atoms with E-state index in [2.05, 4.69) is 5.32 Å². The number of anilines is 2. The average molecular weight is 219 g/mol. The molecule has 1 saturated heterocycles. The van der Waals surface area contributed by atoms with Gasteiger partial charge in [0, 0.05) is 0 Å². The van der Waals surface area contributed by atoms with Crippen molar-refractivity contribution < 1.29 is 9.59 Å². The number of rotatable bonds is 1. The summed E-state index contributed by atoms with van der Waals surface area (Å²) in [5, 5.41) is 2.46. The molecule has 84 valence electrons. The quantitative estimate of drug-likeness (QED) is 0.545. The minimum absolute atomic E-state index is 0.0329. The Morgan fingerprint density at radius 1 is 1.25 bits per heavy atom. The lowest BCUT2D eigenvalue weighted by Crippen LogP contribution is -2.31. The largest absolute Gasteiger partial charge is 0.397 e. The molecule has 3 amide bonds. The van der Waals surface area contributed by atoms with E-state index in [0.717, 1.165) is 16.0 Å². The van der Waals surface area contributed by atoms with E-state index in [9.17, 15) is 9.59 Å². The fourth-order valence-electron chi connectivity index (χ4n) is 1.68. The second-order valence-electron chi connectivity index (χ2n) is 3.88. The molecule has 0 radical (unpaired) electrons. The molecular formula is C11H13N3O2. The lowest BCUT2D eigenvalue weighted by Gasteiger charge is -2.16. The minimum atomic E-state index is -0.417. The highest BCUT2D eigenvalue weighted by Crippen LogP contribution is 2.28. The van der Waals surface area contributed by atoms with Gasteiger partial charge in [-0.3, -0.25) is 4.79 Å². The Morgan fingerprint density at radius 3 is 2.44 bits per heavy atom. The molecule has 0 atom stereocenters. The molecule has 1 fully saturated rings. The summed E-state index contributed by atoms with van der Waals surface area (Å²) in [4.78, 5) is 24.1. The topological polar surface area (TPSA) is 75.4 Å². The molecule has 2 rings (SSSR count). The molecular weight excluding hydrogens is 206 g/mol. The van der Waals surface area contributed by atoms with Gasteiger partial charge in [-0.25, -0.2) is 9.69 Å². The average Bonchev–Trinajstić information content (AvgIpc) is 2.53. The van der Waals surface area contributed by atoms with Gasteiger partial charge < -0.3 is 11.1 Å². The molecule has 1 aromatic carbocycles. The number of amides is 3. The van der Waals surface area contributed by atoms with E-state index in [-0.39, 0.29) is 12.5 Å². The van der Waals surface area contributed by atoms with Crippen molar-refractivity contribution in [3.8, 4) is 0 Å². The monoisotopic (exact) mass is 219 g/mol. The highest BCUT2D eigenvalue weighted by molar-refractivity contribution is 6.21. The van der Waals surface area contributed by atoms with Crippen molar-refractivity contribution in [2.75, 3.05) is 17.2 Å². The molecule has 16 heavy (non-hydrogen) atoms. The molecule has 1 aromatic rings. The van der Waals surface area contributed by atoms with Crippen molar-refractivity contribution in [2.45, 2.75) is 13.8 Å². The molecule has 0 aromatic heterocycles. The number of nitrogens with zero attached hydrogens (tertiary/aromatic N) is 1. The summed E-state index contributed by atoms with van der Waals surface area (Å²) in [5.74, 6) is -0.278. The zero-order valence-electron chi connectivity index (χ0n) is 9.20. The number of carbonyl (C=O) groups is 2. The summed E-state index contributed by atoms with van der Waals surface area (Å²) in [6.45, 7) is 3.88. The van der Waals surface area contributed by atoms with E-state index in [1.54, 1.807) is 12.1 Å². The maximum absolute atomic E-state index is 11.5. The Labute approximate surface area is 93.2 Å². The van der Waals surface area contributed by atoms with Gasteiger partial charge in [-0.05, 0) is 37.1 Å². The minimum Gasteiger partial charge on any atom is -0.397 e. The molecule has 5 nitrogen and oxygen atoms in total. The third-order valence-corrected chi connectivity index (χ3v) is 2.73. The van der Waals surface area contributed by atoms with Gasteiger partial charge in [-0.1, -0.05) is 0 Å². The van der Waals surface area contributed by atoms with Crippen molar-refractivity contribution in [1.29, 1.82) is 0 Å². The molecule has 0 spiro atoms. The Morgan fingerprint density at radius 2 is 1.88 bits per heavy atom. The Hall–Kier alpha value is -2.04. The second kappa shape index (κ2) is 3.52. The smallest absolute Gasteiger partial charge is 0.329 e. The lowest BCUT2D eigenvalue weighted by atomic mass is 10.1. The molecule has 5 heteroatoms. The van der Waals surface area contributed by atoms with E-state index in [4.69, 9.17) is 5.73 Å². The number of hydrogen-bond donors (Lipinski definition) is 2. The van der Waals surface area contributed by atoms with Crippen LogP contribution in [-0.4, -0.2) is 18.5 Å². The van der Waals surface area contributed by atoms with Crippen LogP contribution in [0.4, 0.5) is 16.2 Å². The molecule has 0 unspecified atom stereocenters. The maximum atomic E-state index is 11.5. The van der Waals surface area contributed by atoms with E-state index in [1.165, 1.54) is 0 Å². The Balaban J connectivity index is 2.51. The highest BCUT2D eigenvalue weighted by Gasteiger charge is 2.31. The molecule has 0 bridgehead atoms. The van der Waals surface area contributed by atoms with Crippen molar-refractivity contribution in [3.63, 3.8) is 0 Å². The van der Waals surface area contributed by atoms with Gasteiger partial charge in [0.1, 0.15) is 0 Å². The van der Waals surface area contributed by atoms with Crippen LogP contribution in [0.3, 0.4) is 0 Å². The van der Waals surface area contributed by atoms with Crippen LogP contribution < -0.4 is 16.0 Å². The van der Waals surface area contributed by atoms with Crippen LogP contribution in [0, 0.1) is 13.8 Å². The third kappa shape index (κ3) is 1.50. The predicted molar refractivity (Wildman–Crippen MR) is 61.2 cm³/mol. The summed E-state index contributed by atoms with van der Waals surface area (Å²) in [5.41, 5.74) is 8.75. The number of carbonyl (C=O) groups excluding carboxylic acids is 2. The molecule has 1 heterocycles. The first kappa shape index (κ1) is 10.5. The van der Waals surface area contributed by atoms with Crippen LogP contribution >= 0.6 is 0 Å². The first-order valence-corrected chi connectivity index (χ1v) is 4.98. The molecule has 0 aliphatic carbocycles. The second-order valence-corrected chi connectivity index (χ2v) is 3.88. The Kier molecular flexibility index (Phi) is 2.30. The van der Waals surface area contributed by atoms with Crippen LogP contribution in [0.25, 0.3) is 0 Å². The fraction of sp³-hybridized carbons (Fsp3) is 0.273. The SMILES string of the molecule is Cc1cc(N)c(N2C(=O)CNC2=O)cc1C. The number of imide groups is 1.